The van der Waals surface area contributed by atoms with Crippen molar-refractivity contribution in [1.82, 2.24) is 14.9 Å². The van der Waals surface area contributed by atoms with Crippen LogP contribution < -0.4 is 11.2 Å². The van der Waals surface area contributed by atoms with Crippen LogP contribution in [0.3, 0.4) is 0 Å². The fourth-order valence-electron chi connectivity index (χ4n) is 3.44. The van der Waals surface area contributed by atoms with Crippen molar-refractivity contribution in [3.8, 4) is 0 Å². The molecule has 4 rings (SSSR count). The van der Waals surface area contributed by atoms with Gasteiger partial charge in [-0.05, 0) is 12.1 Å². The lowest BCUT2D eigenvalue weighted by Gasteiger charge is -2.29. The zero-order valence-corrected chi connectivity index (χ0v) is 16.0. The van der Waals surface area contributed by atoms with Crippen LogP contribution in [0.25, 0.3) is 11.0 Å². The molecule has 2 aromatic heterocycles. The number of aromatic nitrogens is 2. The smallest absolute Gasteiger partial charge is 0.199 e. The van der Waals surface area contributed by atoms with Gasteiger partial charge in [0, 0.05) is 48.9 Å². The third-order valence-electron chi connectivity index (χ3n) is 4.99. The Balaban J connectivity index is 1.61. The maximum Gasteiger partial charge on any atom is 0.199 e. The summed E-state index contributed by atoms with van der Waals surface area (Å²) in [5.41, 5.74) is 9.18. The Hall–Kier alpha value is -2.73. The predicted molar refractivity (Wildman–Crippen MR) is 105 cm³/mol. The van der Waals surface area contributed by atoms with Crippen LogP contribution in [0.15, 0.2) is 39.7 Å². The topological polar surface area (TPSA) is 85.2 Å². The molecule has 3 aromatic rings. The monoisotopic (exact) mass is 364 g/mol. The maximum atomic E-state index is 12.8. The van der Waals surface area contributed by atoms with Gasteiger partial charge in [-0.2, -0.15) is 0 Å². The van der Waals surface area contributed by atoms with Crippen molar-refractivity contribution >= 4 is 16.9 Å². The van der Waals surface area contributed by atoms with Gasteiger partial charge in [0.05, 0.1) is 10.9 Å². The van der Waals surface area contributed by atoms with E-state index in [2.05, 4.69) is 30.7 Å². The largest absolute Gasteiger partial charge is 0.440 e. The molecule has 1 aliphatic heterocycles. The molecular formula is C21H24N4O2. The Kier molecular flexibility index (Phi) is 4.23. The second-order valence-electron chi connectivity index (χ2n) is 8.15. The van der Waals surface area contributed by atoms with Gasteiger partial charge in [-0.25, -0.2) is 9.97 Å². The van der Waals surface area contributed by atoms with Crippen molar-refractivity contribution in [2.24, 2.45) is 0 Å². The number of fused-ring (bicyclic) bond motifs is 2. The van der Waals surface area contributed by atoms with Crippen LogP contribution >= 0.6 is 0 Å². The molecule has 3 heterocycles. The summed E-state index contributed by atoms with van der Waals surface area (Å²) in [5.74, 6) is 1.07. The second kappa shape index (κ2) is 6.46. The Morgan fingerprint density at radius 3 is 2.81 bits per heavy atom. The molecule has 2 N–H and O–H groups in total. The summed E-state index contributed by atoms with van der Waals surface area (Å²) in [6.45, 7) is 8.33. The average molecular weight is 364 g/mol. The van der Waals surface area contributed by atoms with E-state index in [1.165, 1.54) is 0 Å². The number of hydrogen-bond acceptors (Lipinski definition) is 6. The van der Waals surface area contributed by atoms with Crippen LogP contribution in [0.1, 0.15) is 43.4 Å². The average Bonchev–Trinajstić information content (AvgIpc) is 2.64. The Morgan fingerprint density at radius 1 is 1.26 bits per heavy atom. The van der Waals surface area contributed by atoms with Gasteiger partial charge in [-0.15, -0.1) is 0 Å². The number of nitrogens with zero attached hydrogens (tertiary/aromatic N) is 3. The van der Waals surface area contributed by atoms with Crippen LogP contribution in [0.5, 0.6) is 0 Å². The quantitative estimate of drug-likeness (QED) is 0.752. The summed E-state index contributed by atoms with van der Waals surface area (Å²) in [6, 6.07) is 7.20. The standard InChI is InChI=1S/C21H24N4O2/c1-21(2,3)20-23-10-13-11-25(9-8-16(13)24-20)12-15-18(26)14-6-4-5-7-17(14)27-19(15)22/h4-7,10H,8-9,11-12,22H2,1-3H3. The second-order valence-corrected chi connectivity index (χ2v) is 8.15. The minimum atomic E-state index is -0.0648. The van der Waals surface area contributed by atoms with E-state index in [4.69, 9.17) is 15.1 Å². The normalized spacial score (nSPS) is 15.1. The first-order valence-corrected chi connectivity index (χ1v) is 9.21. The van der Waals surface area contributed by atoms with Gasteiger partial charge in [0.15, 0.2) is 11.3 Å². The van der Waals surface area contributed by atoms with Crippen molar-refractivity contribution in [2.45, 2.75) is 45.7 Å². The van der Waals surface area contributed by atoms with Crippen LogP contribution in [-0.4, -0.2) is 21.4 Å². The predicted octanol–water partition coefficient (Wildman–Crippen LogP) is 3.02. The van der Waals surface area contributed by atoms with Crippen molar-refractivity contribution in [3.05, 3.63) is 63.3 Å². The van der Waals surface area contributed by atoms with E-state index in [0.717, 1.165) is 30.0 Å². The minimum Gasteiger partial charge on any atom is -0.440 e. The molecular weight excluding hydrogens is 340 g/mol. The van der Waals surface area contributed by atoms with E-state index in [1.54, 1.807) is 12.1 Å². The number of anilines is 1. The molecule has 0 bridgehead atoms. The van der Waals surface area contributed by atoms with Crippen LogP contribution in [0.4, 0.5) is 5.88 Å². The van der Waals surface area contributed by atoms with Crippen molar-refractivity contribution < 1.29 is 4.42 Å². The number of hydrogen-bond donors (Lipinski definition) is 1. The first kappa shape index (κ1) is 17.7. The number of rotatable bonds is 2. The maximum absolute atomic E-state index is 12.8. The summed E-state index contributed by atoms with van der Waals surface area (Å²) in [7, 11) is 0. The van der Waals surface area contributed by atoms with Gasteiger partial charge < -0.3 is 10.2 Å². The van der Waals surface area contributed by atoms with Crippen LogP contribution in [-0.2, 0) is 24.9 Å². The van der Waals surface area contributed by atoms with E-state index >= 15 is 0 Å². The van der Waals surface area contributed by atoms with E-state index in [0.29, 0.717) is 29.6 Å². The van der Waals surface area contributed by atoms with E-state index in [1.807, 2.05) is 18.3 Å². The molecule has 0 saturated carbocycles. The van der Waals surface area contributed by atoms with Gasteiger partial charge in [0.2, 0.25) is 0 Å². The van der Waals surface area contributed by atoms with Gasteiger partial charge in [0.25, 0.3) is 0 Å². The molecule has 140 valence electrons. The Bertz CT molecular complexity index is 1070. The third-order valence-corrected chi connectivity index (χ3v) is 4.99. The first-order chi connectivity index (χ1) is 12.8. The minimum absolute atomic E-state index is 0.0560. The highest BCUT2D eigenvalue weighted by molar-refractivity contribution is 5.78. The molecule has 27 heavy (non-hydrogen) atoms. The summed E-state index contributed by atoms with van der Waals surface area (Å²) in [5, 5.41) is 0.567. The highest BCUT2D eigenvalue weighted by atomic mass is 16.3. The van der Waals surface area contributed by atoms with E-state index in [9.17, 15) is 4.79 Å². The molecule has 0 atom stereocenters. The molecule has 0 aliphatic carbocycles. The van der Waals surface area contributed by atoms with Crippen molar-refractivity contribution in [3.63, 3.8) is 0 Å². The molecule has 1 aliphatic rings. The molecule has 0 fully saturated rings. The molecule has 0 saturated heterocycles. The SMILES string of the molecule is CC(C)(C)c1ncc2c(n1)CCN(Cc1c(N)oc3ccccc3c1=O)C2. The zero-order valence-electron chi connectivity index (χ0n) is 16.0. The summed E-state index contributed by atoms with van der Waals surface area (Å²) < 4.78 is 5.66. The highest BCUT2D eigenvalue weighted by Crippen LogP contribution is 2.24. The fourth-order valence-corrected chi connectivity index (χ4v) is 3.44. The molecule has 6 heteroatoms. The highest BCUT2D eigenvalue weighted by Gasteiger charge is 2.24. The number of benzene rings is 1. The molecule has 1 aromatic carbocycles. The number of nitrogens with two attached hydrogens (primary N) is 1. The lowest BCUT2D eigenvalue weighted by Crippen LogP contribution is -2.33. The zero-order chi connectivity index (χ0) is 19.2. The third kappa shape index (κ3) is 3.32. The summed E-state index contributed by atoms with van der Waals surface area (Å²) >= 11 is 0. The van der Waals surface area contributed by atoms with Crippen LogP contribution in [0, 0.1) is 0 Å². The van der Waals surface area contributed by atoms with Gasteiger partial charge >= 0.3 is 0 Å². The molecule has 0 unspecified atom stereocenters. The molecule has 6 nitrogen and oxygen atoms in total. The van der Waals surface area contributed by atoms with Gasteiger partial charge in [0.1, 0.15) is 11.4 Å². The molecule has 0 radical (unpaired) electrons. The lowest BCUT2D eigenvalue weighted by atomic mass is 9.95. The molecule has 0 amide bonds. The fraction of sp³-hybridized carbons (Fsp3) is 0.381. The molecule has 0 spiro atoms. The van der Waals surface area contributed by atoms with Gasteiger partial charge in [-0.3, -0.25) is 9.69 Å². The lowest BCUT2D eigenvalue weighted by molar-refractivity contribution is 0.240. The van der Waals surface area contributed by atoms with E-state index in [-0.39, 0.29) is 16.7 Å². The van der Waals surface area contributed by atoms with Crippen molar-refractivity contribution in [1.29, 1.82) is 0 Å². The number of nitrogen functional groups attached to an aromatic ring is 1. The van der Waals surface area contributed by atoms with Crippen molar-refractivity contribution in [2.75, 3.05) is 12.3 Å². The summed E-state index contributed by atoms with van der Waals surface area (Å²) in [4.78, 5) is 24.3. The number of para-hydroxylation sites is 1. The summed E-state index contributed by atoms with van der Waals surface area (Å²) in [6.07, 6.45) is 2.75. The first-order valence-electron chi connectivity index (χ1n) is 9.21. The Morgan fingerprint density at radius 2 is 2.04 bits per heavy atom. The van der Waals surface area contributed by atoms with E-state index < -0.39 is 0 Å². The Labute approximate surface area is 158 Å². The van der Waals surface area contributed by atoms with Crippen LogP contribution in [0.2, 0.25) is 0 Å². The van der Waals surface area contributed by atoms with Gasteiger partial charge in [-0.1, -0.05) is 32.9 Å².